The first-order chi connectivity index (χ1) is 16.7. The van der Waals surface area contributed by atoms with Crippen molar-refractivity contribution in [2.24, 2.45) is 0 Å². The molecule has 3 heterocycles. The van der Waals surface area contributed by atoms with Gasteiger partial charge >= 0.3 is 0 Å². The van der Waals surface area contributed by atoms with Crippen LogP contribution < -0.4 is 25.3 Å². The van der Waals surface area contributed by atoms with Gasteiger partial charge in [-0.25, -0.2) is 4.98 Å². The SMILES string of the molecule is CCN(CC)c1nc(NCCCCNc2nccc(N3CCOCC3)n2)nc(N(CC)CC)n1. The molecular weight excluding hydrogens is 432 g/mol. The smallest absolute Gasteiger partial charge is 0.231 e. The highest BCUT2D eigenvalue weighted by Crippen LogP contribution is 2.17. The second-order valence-electron chi connectivity index (χ2n) is 8.00. The van der Waals surface area contributed by atoms with Gasteiger partial charge in [-0.1, -0.05) is 0 Å². The lowest BCUT2D eigenvalue weighted by atomic mass is 10.3. The van der Waals surface area contributed by atoms with Crippen molar-refractivity contribution < 1.29 is 4.74 Å². The molecule has 11 heteroatoms. The molecule has 0 unspecified atom stereocenters. The van der Waals surface area contributed by atoms with Crippen LogP contribution in [0.2, 0.25) is 0 Å². The summed E-state index contributed by atoms with van der Waals surface area (Å²) in [7, 11) is 0. The molecule has 1 fully saturated rings. The van der Waals surface area contributed by atoms with Gasteiger partial charge in [0.15, 0.2) is 0 Å². The molecule has 1 saturated heterocycles. The number of rotatable bonds is 14. The van der Waals surface area contributed by atoms with Gasteiger partial charge in [0, 0.05) is 58.6 Å². The maximum absolute atomic E-state index is 5.42. The third-order valence-electron chi connectivity index (χ3n) is 5.85. The van der Waals surface area contributed by atoms with Crippen molar-refractivity contribution >= 4 is 29.6 Å². The van der Waals surface area contributed by atoms with Crippen LogP contribution in [0.4, 0.5) is 29.6 Å². The van der Waals surface area contributed by atoms with Crippen molar-refractivity contribution in [3.63, 3.8) is 0 Å². The summed E-state index contributed by atoms with van der Waals surface area (Å²) in [6.45, 7) is 16.7. The number of anilines is 5. The van der Waals surface area contributed by atoms with Crippen LogP contribution in [0.3, 0.4) is 0 Å². The van der Waals surface area contributed by atoms with Crippen molar-refractivity contribution in [3.8, 4) is 0 Å². The van der Waals surface area contributed by atoms with Crippen LogP contribution in [0.25, 0.3) is 0 Å². The van der Waals surface area contributed by atoms with E-state index in [-0.39, 0.29) is 0 Å². The summed E-state index contributed by atoms with van der Waals surface area (Å²) in [4.78, 5) is 29.6. The van der Waals surface area contributed by atoms with E-state index in [0.717, 1.165) is 96.1 Å². The van der Waals surface area contributed by atoms with Crippen molar-refractivity contribution in [2.75, 3.05) is 90.9 Å². The van der Waals surface area contributed by atoms with Crippen LogP contribution in [-0.2, 0) is 4.74 Å². The molecular formula is C23H40N10O. The van der Waals surface area contributed by atoms with E-state index in [2.05, 4.69) is 73.0 Å². The first-order valence-electron chi connectivity index (χ1n) is 12.6. The van der Waals surface area contributed by atoms with Gasteiger partial charge in [0.05, 0.1) is 13.2 Å². The van der Waals surface area contributed by atoms with Crippen molar-refractivity contribution in [1.82, 2.24) is 24.9 Å². The quantitative estimate of drug-likeness (QED) is 0.396. The van der Waals surface area contributed by atoms with E-state index in [9.17, 15) is 0 Å². The van der Waals surface area contributed by atoms with Crippen molar-refractivity contribution in [3.05, 3.63) is 12.3 Å². The molecule has 0 spiro atoms. The first kappa shape index (κ1) is 25.7. The summed E-state index contributed by atoms with van der Waals surface area (Å²) in [6.07, 6.45) is 3.77. The minimum atomic E-state index is 0.633. The highest BCUT2D eigenvalue weighted by atomic mass is 16.5. The Hall–Kier alpha value is -2.95. The maximum atomic E-state index is 5.42. The number of hydrogen-bond acceptors (Lipinski definition) is 11. The van der Waals surface area contributed by atoms with Crippen LogP contribution in [-0.4, -0.2) is 90.5 Å². The van der Waals surface area contributed by atoms with Gasteiger partial charge in [-0.3, -0.25) is 0 Å². The highest BCUT2D eigenvalue weighted by Gasteiger charge is 2.15. The van der Waals surface area contributed by atoms with E-state index < -0.39 is 0 Å². The number of aromatic nitrogens is 5. The van der Waals surface area contributed by atoms with Gasteiger partial charge in [0.1, 0.15) is 5.82 Å². The number of nitrogens with one attached hydrogen (secondary N) is 2. The summed E-state index contributed by atoms with van der Waals surface area (Å²) in [5.41, 5.74) is 0. The fourth-order valence-electron chi connectivity index (χ4n) is 3.78. The summed E-state index contributed by atoms with van der Waals surface area (Å²) >= 11 is 0. The van der Waals surface area contributed by atoms with Crippen LogP contribution in [0.1, 0.15) is 40.5 Å². The predicted molar refractivity (Wildman–Crippen MR) is 138 cm³/mol. The van der Waals surface area contributed by atoms with Crippen LogP contribution in [0, 0.1) is 0 Å². The standard InChI is InChI=1S/C23H40N10O/c1-5-31(6-2)22-28-21(29-23(30-22)32(7-3)8-4)25-13-10-9-12-24-20-26-14-11-19(27-20)33-15-17-34-18-16-33/h11,14H,5-10,12-13,15-18H2,1-4H3,(H,24,26,27)(H,25,28,29,30). The van der Waals surface area contributed by atoms with Crippen LogP contribution in [0.15, 0.2) is 12.3 Å². The predicted octanol–water partition coefficient (Wildman–Crippen LogP) is 2.49. The molecule has 1 aliphatic rings. The second kappa shape index (κ2) is 13.7. The zero-order valence-corrected chi connectivity index (χ0v) is 21.1. The number of hydrogen-bond donors (Lipinski definition) is 2. The molecule has 0 aromatic carbocycles. The number of morpholine rings is 1. The van der Waals surface area contributed by atoms with Crippen molar-refractivity contribution in [2.45, 2.75) is 40.5 Å². The fraction of sp³-hybridized carbons (Fsp3) is 0.696. The van der Waals surface area contributed by atoms with Gasteiger partial charge in [-0.05, 0) is 46.6 Å². The monoisotopic (exact) mass is 472 g/mol. The Morgan fingerprint density at radius 2 is 1.35 bits per heavy atom. The Bertz CT molecular complexity index is 823. The lowest BCUT2D eigenvalue weighted by molar-refractivity contribution is 0.122. The molecule has 0 radical (unpaired) electrons. The zero-order chi connectivity index (χ0) is 24.2. The van der Waals surface area contributed by atoms with Crippen LogP contribution in [0.5, 0.6) is 0 Å². The minimum absolute atomic E-state index is 0.633. The number of nitrogens with zero attached hydrogens (tertiary/aromatic N) is 8. The van der Waals surface area contributed by atoms with Gasteiger partial charge < -0.3 is 30.1 Å². The van der Waals surface area contributed by atoms with Gasteiger partial charge in [0.25, 0.3) is 0 Å². The van der Waals surface area contributed by atoms with E-state index >= 15 is 0 Å². The van der Waals surface area contributed by atoms with Crippen LogP contribution >= 0.6 is 0 Å². The second-order valence-corrected chi connectivity index (χ2v) is 8.00. The molecule has 188 valence electrons. The van der Waals surface area contributed by atoms with Gasteiger partial charge in [-0.2, -0.15) is 19.9 Å². The molecule has 11 nitrogen and oxygen atoms in total. The molecule has 34 heavy (non-hydrogen) atoms. The Kier molecular flexibility index (Phi) is 10.3. The van der Waals surface area contributed by atoms with Gasteiger partial charge in [0.2, 0.25) is 23.8 Å². The van der Waals surface area contributed by atoms with E-state index in [1.807, 2.05) is 12.3 Å². The molecule has 0 saturated carbocycles. The Labute approximate surface area is 203 Å². The van der Waals surface area contributed by atoms with E-state index in [1.165, 1.54) is 0 Å². The molecule has 0 bridgehead atoms. The van der Waals surface area contributed by atoms with E-state index in [0.29, 0.717) is 11.9 Å². The molecule has 0 aliphatic carbocycles. The minimum Gasteiger partial charge on any atom is -0.378 e. The van der Waals surface area contributed by atoms with E-state index in [1.54, 1.807) is 0 Å². The molecule has 0 amide bonds. The summed E-state index contributed by atoms with van der Waals surface area (Å²) in [6, 6.07) is 1.95. The molecule has 0 atom stereocenters. The summed E-state index contributed by atoms with van der Waals surface area (Å²) in [5, 5.41) is 6.73. The lowest BCUT2D eigenvalue weighted by Crippen LogP contribution is -2.36. The Morgan fingerprint density at radius 1 is 0.794 bits per heavy atom. The topological polar surface area (TPSA) is 107 Å². The lowest BCUT2D eigenvalue weighted by Gasteiger charge is -2.27. The van der Waals surface area contributed by atoms with E-state index in [4.69, 9.17) is 9.72 Å². The highest BCUT2D eigenvalue weighted by molar-refractivity contribution is 5.45. The summed E-state index contributed by atoms with van der Waals surface area (Å²) in [5.74, 6) is 3.70. The number of unbranched alkanes of at least 4 members (excludes halogenated alkanes) is 1. The third kappa shape index (κ3) is 7.28. The Morgan fingerprint density at radius 3 is 1.91 bits per heavy atom. The molecule has 3 rings (SSSR count). The normalized spacial score (nSPS) is 13.6. The summed E-state index contributed by atoms with van der Waals surface area (Å²) < 4.78 is 5.42. The average molecular weight is 473 g/mol. The fourth-order valence-corrected chi connectivity index (χ4v) is 3.78. The van der Waals surface area contributed by atoms with Gasteiger partial charge in [-0.15, -0.1) is 0 Å². The van der Waals surface area contributed by atoms with Crippen molar-refractivity contribution in [1.29, 1.82) is 0 Å². The number of ether oxygens (including phenoxy) is 1. The molecule has 1 aliphatic heterocycles. The largest absolute Gasteiger partial charge is 0.378 e. The average Bonchev–Trinajstić information content (AvgIpc) is 2.88. The molecule has 2 N–H and O–H groups in total. The zero-order valence-electron chi connectivity index (χ0n) is 21.1. The molecule has 2 aromatic rings. The third-order valence-corrected chi connectivity index (χ3v) is 5.85. The first-order valence-corrected chi connectivity index (χ1v) is 12.6. The maximum Gasteiger partial charge on any atom is 0.231 e. The Balaban J connectivity index is 1.48. The molecule has 2 aromatic heterocycles.